The Morgan fingerprint density at radius 2 is 1.58 bits per heavy atom. The van der Waals surface area contributed by atoms with Crippen LogP contribution in [0.5, 0.6) is 5.75 Å². The highest BCUT2D eigenvalue weighted by atomic mass is 32.2. The van der Waals surface area contributed by atoms with Gasteiger partial charge in [-0.3, -0.25) is 4.72 Å². The molecule has 24 heavy (non-hydrogen) atoms. The number of phenols is 1. The van der Waals surface area contributed by atoms with Gasteiger partial charge in [0.1, 0.15) is 5.75 Å². The van der Waals surface area contributed by atoms with Crippen LogP contribution >= 0.6 is 0 Å². The number of rotatable bonds is 4. The number of hydrogen-bond donors (Lipinski definition) is 2. The summed E-state index contributed by atoms with van der Waals surface area (Å²) in [6.07, 6.45) is 0. The molecule has 2 N–H and O–H groups in total. The van der Waals surface area contributed by atoms with Crippen molar-refractivity contribution in [3.8, 4) is 5.75 Å². The number of anilines is 2. The SMILES string of the molecule is CN(C)c1cccc2c(S(=O)(=O)Nc3cccc(O)c3)cccc12. The molecule has 0 aromatic heterocycles. The van der Waals surface area contributed by atoms with Crippen molar-refractivity contribution >= 4 is 32.2 Å². The summed E-state index contributed by atoms with van der Waals surface area (Å²) in [5.41, 5.74) is 1.26. The van der Waals surface area contributed by atoms with E-state index >= 15 is 0 Å². The number of benzene rings is 3. The number of phenolic OH excluding ortho intramolecular Hbond substituents is 1. The fraction of sp³-hybridized carbons (Fsp3) is 0.111. The Bertz CT molecular complexity index is 998. The second kappa shape index (κ2) is 6.05. The van der Waals surface area contributed by atoms with Crippen molar-refractivity contribution < 1.29 is 13.5 Å². The third kappa shape index (κ3) is 3.00. The standard InChI is InChI=1S/C18H18N2O3S/c1-20(2)17-10-4-9-16-15(17)8-5-11-18(16)24(22,23)19-13-6-3-7-14(21)12-13/h3-12,19,21H,1-2H3. The molecule has 0 aliphatic rings. The van der Waals surface area contributed by atoms with Gasteiger partial charge < -0.3 is 10.0 Å². The van der Waals surface area contributed by atoms with Crippen molar-refractivity contribution in [2.45, 2.75) is 4.90 Å². The normalized spacial score (nSPS) is 11.4. The Hall–Kier alpha value is -2.73. The van der Waals surface area contributed by atoms with Gasteiger partial charge in [0, 0.05) is 36.6 Å². The minimum atomic E-state index is -3.78. The van der Waals surface area contributed by atoms with Crippen LogP contribution in [0, 0.1) is 0 Å². The smallest absolute Gasteiger partial charge is 0.262 e. The van der Waals surface area contributed by atoms with Crippen LogP contribution in [0.2, 0.25) is 0 Å². The first-order valence-electron chi connectivity index (χ1n) is 7.39. The number of sulfonamides is 1. The summed E-state index contributed by atoms with van der Waals surface area (Å²) < 4.78 is 28.1. The van der Waals surface area contributed by atoms with Gasteiger partial charge >= 0.3 is 0 Å². The second-order valence-corrected chi connectivity index (χ2v) is 7.33. The molecule has 0 aliphatic heterocycles. The first kappa shape index (κ1) is 16.1. The first-order chi connectivity index (χ1) is 11.4. The van der Waals surface area contributed by atoms with Gasteiger partial charge in [0.15, 0.2) is 0 Å². The van der Waals surface area contributed by atoms with Crippen molar-refractivity contribution in [2.24, 2.45) is 0 Å². The summed E-state index contributed by atoms with van der Waals surface area (Å²) in [6.45, 7) is 0. The lowest BCUT2D eigenvalue weighted by atomic mass is 10.1. The van der Waals surface area contributed by atoms with Crippen LogP contribution in [0.15, 0.2) is 65.6 Å². The third-order valence-corrected chi connectivity index (χ3v) is 5.17. The highest BCUT2D eigenvalue weighted by molar-refractivity contribution is 7.93. The molecule has 0 spiro atoms. The highest BCUT2D eigenvalue weighted by Crippen LogP contribution is 2.31. The van der Waals surface area contributed by atoms with E-state index in [0.29, 0.717) is 11.1 Å². The topological polar surface area (TPSA) is 69.6 Å². The summed E-state index contributed by atoms with van der Waals surface area (Å²) in [6, 6.07) is 16.8. The minimum Gasteiger partial charge on any atom is -0.508 e. The Morgan fingerprint density at radius 1 is 0.917 bits per heavy atom. The highest BCUT2D eigenvalue weighted by Gasteiger charge is 2.18. The number of hydrogen-bond acceptors (Lipinski definition) is 4. The molecule has 3 aromatic rings. The molecule has 3 rings (SSSR count). The van der Waals surface area contributed by atoms with Gasteiger partial charge in [0.25, 0.3) is 10.0 Å². The molecule has 0 bridgehead atoms. The van der Waals surface area contributed by atoms with Gasteiger partial charge in [0.05, 0.1) is 10.6 Å². The fourth-order valence-electron chi connectivity index (χ4n) is 2.67. The molecule has 0 amide bonds. The molecular weight excluding hydrogens is 324 g/mol. The second-order valence-electron chi connectivity index (χ2n) is 5.68. The van der Waals surface area contributed by atoms with Crippen LogP contribution in [0.4, 0.5) is 11.4 Å². The lowest BCUT2D eigenvalue weighted by Crippen LogP contribution is -2.14. The van der Waals surface area contributed by atoms with Crippen molar-refractivity contribution in [1.82, 2.24) is 0 Å². The summed E-state index contributed by atoms with van der Waals surface area (Å²) in [5.74, 6) is 0.00279. The van der Waals surface area contributed by atoms with Crippen molar-refractivity contribution in [3.05, 3.63) is 60.7 Å². The summed E-state index contributed by atoms with van der Waals surface area (Å²) >= 11 is 0. The van der Waals surface area contributed by atoms with Gasteiger partial charge in [-0.25, -0.2) is 8.42 Å². The fourth-order valence-corrected chi connectivity index (χ4v) is 3.94. The third-order valence-electron chi connectivity index (χ3n) is 3.73. The molecular formula is C18H18N2O3S. The zero-order valence-corrected chi connectivity index (χ0v) is 14.2. The van der Waals surface area contributed by atoms with E-state index < -0.39 is 10.0 Å². The van der Waals surface area contributed by atoms with E-state index in [1.807, 2.05) is 37.2 Å². The molecule has 0 aliphatic carbocycles. The van der Waals surface area contributed by atoms with Crippen LogP contribution < -0.4 is 9.62 Å². The van der Waals surface area contributed by atoms with Crippen molar-refractivity contribution in [3.63, 3.8) is 0 Å². The maximum Gasteiger partial charge on any atom is 0.262 e. The Kier molecular flexibility index (Phi) is 4.07. The number of nitrogens with zero attached hydrogens (tertiary/aromatic N) is 1. The van der Waals surface area contributed by atoms with Crippen LogP contribution in [-0.2, 0) is 10.0 Å². The molecule has 0 heterocycles. The Morgan fingerprint density at radius 3 is 2.29 bits per heavy atom. The molecule has 0 unspecified atom stereocenters. The van der Waals surface area contributed by atoms with Crippen LogP contribution in [0.1, 0.15) is 0 Å². The average molecular weight is 342 g/mol. The van der Waals surface area contributed by atoms with E-state index in [2.05, 4.69) is 4.72 Å². The molecule has 124 valence electrons. The lowest BCUT2D eigenvalue weighted by molar-refractivity contribution is 0.475. The minimum absolute atomic E-state index is 0.00279. The van der Waals surface area contributed by atoms with Gasteiger partial charge in [-0.05, 0) is 24.3 Å². The predicted molar refractivity (Wildman–Crippen MR) is 97.2 cm³/mol. The summed E-state index contributed by atoms with van der Waals surface area (Å²) in [5, 5.41) is 11.0. The van der Waals surface area contributed by atoms with Crippen LogP contribution in [0.3, 0.4) is 0 Å². The molecule has 5 nitrogen and oxygen atoms in total. The maximum atomic E-state index is 12.8. The summed E-state index contributed by atoms with van der Waals surface area (Å²) in [7, 11) is 0.0564. The number of aromatic hydroxyl groups is 1. The predicted octanol–water partition coefficient (Wildman–Crippen LogP) is 3.41. The van der Waals surface area contributed by atoms with E-state index in [0.717, 1.165) is 11.1 Å². The number of nitrogens with one attached hydrogen (secondary N) is 1. The summed E-state index contributed by atoms with van der Waals surface area (Å²) in [4.78, 5) is 2.15. The molecule has 3 aromatic carbocycles. The van der Waals surface area contributed by atoms with E-state index in [1.165, 1.54) is 12.1 Å². The zero-order chi connectivity index (χ0) is 17.3. The first-order valence-corrected chi connectivity index (χ1v) is 8.88. The molecule has 0 atom stereocenters. The molecule has 0 saturated heterocycles. The molecule has 0 fully saturated rings. The van der Waals surface area contributed by atoms with Gasteiger partial charge in [0.2, 0.25) is 0 Å². The van der Waals surface area contributed by atoms with Gasteiger partial charge in [-0.2, -0.15) is 0 Å². The van der Waals surface area contributed by atoms with E-state index in [-0.39, 0.29) is 10.6 Å². The largest absolute Gasteiger partial charge is 0.508 e. The Balaban J connectivity index is 2.13. The average Bonchev–Trinajstić information content (AvgIpc) is 2.53. The van der Waals surface area contributed by atoms with Crippen molar-refractivity contribution in [1.29, 1.82) is 0 Å². The monoisotopic (exact) mass is 342 g/mol. The molecule has 0 saturated carbocycles. The van der Waals surface area contributed by atoms with E-state index in [1.54, 1.807) is 30.3 Å². The Labute approximate surface area is 141 Å². The zero-order valence-electron chi connectivity index (χ0n) is 13.4. The maximum absolute atomic E-state index is 12.8. The van der Waals surface area contributed by atoms with E-state index in [9.17, 15) is 13.5 Å². The van der Waals surface area contributed by atoms with Gasteiger partial charge in [-0.15, -0.1) is 0 Å². The van der Waals surface area contributed by atoms with Crippen LogP contribution in [0.25, 0.3) is 10.8 Å². The van der Waals surface area contributed by atoms with E-state index in [4.69, 9.17) is 0 Å². The van der Waals surface area contributed by atoms with Crippen molar-refractivity contribution in [2.75, 3.05) is 23.7 Å². The molecule has 6 heteroatoms. The molecule has 0 radical (unpaired) electrons. The number of fused-ring (bicyclic) bond motifs is 1. The van der Waals surface area contributed by atoms with Gasteiger partial charge in [-0.1, -0.05) is 30.3 Å². The lowest BCUT2D eigenvalue weighted by Gasteiger charge is -2.17. The quantitative estimate of drug-likeness (QED) is 0.762. The van der Waals surface area contributed by atoms with Crippen LogP contribution in [-0.4, -0.2) is 27.6 Å².